The molecule has 0 fully saturated rings. The summed E-state index contributed by atoms with van der Waals surface area (Å²) >= 11 is 0. The molecule has 1 aromatic carbocycles. The molecule has 0 bridgehead atoms. The van der Waals surface area contributed by atoms with Crippen LogP contribution in [0.5, 0.6) is 11.5 Å². The summed E-state index contributed by atoms with van der Waals surface area (Å²) in [5, 5.41) is 3.07. The van der Waals surface area contributed by atoms with Crippen molar-refractivity contribution in [2.75, 3.05) is 30.3 Å². The molecule has 0 saturated carbocycles. The second-order valence-corrected chi connectivity index (χ2v) is 9.75. The van der Waals surface area contributed by atoms with Crippen molar-refractivity contribution in [1.82, 2.24) is 5.32 Å². The number of nitrogens with zero attached hydrogens (tertiary/aromatic N) is 1. The summed E-state index contributed by atoms with van der Waals surface area (Å²) in [5.74, 6) is 1.77. The average Bonchev–Trinajstić information content (AvgIpc) is 2.61. The van der Waals surface area contributed by atoms with Crippen LogP contribution in [-0.2, 0) is 14.8 Å². The van der Waals surface area contributed by atoms with Crippen LogP contribution in [0.1, 0.15) is 40.5 Å². The quantitative estimate of drug-likeness (QED) is 0.674. The van der Waals surface area contributed by atoms with E-state index in [1.165, 1.54) is 4.31 Å². The highest BCUT2D eigenvalue weighted by Crippen LogP contribution is 2.34. The summed E-state index contributed by atoms with van der Waals surface area (Å²) < 4.78 is 36.9. The van der Waals surface area contributed by atoms with E-state index in [1.807, 2.05) is 0 Å². The second kappa shape index (κ2) is 9.49. The molecule has 8 heteroatoms. The van der Waals surface area contributed by atoms with Crippen LogP contribution in [-0.4, -0.2) is 46.4 Å². The number of amides is 1. The minimum atomic E-state index is -3.49. The summed E-state index contributed by atoms with van der Waals surface area (Å²) in [6.07, 6.45) is 1.86. The van der Waals surface area contributed by atoms with E-state index < -0.39 is 10.0 Å². The first-order chi connectivity index (χ1) is 13.1. The number of carbonyl (C=O) groups excluding carboxylic acids is 1. The predicted octanol–water partition coefficient (Wildman–Crippen LogP) is 2.80. The van der Waals surface area contributed by atoms with E-state index in [0.717, 1.165) is 6.26 Å². The van der Waals surface area contributed by atoms with Gasteiger partial charge in [-0.3, -0.25) is 9.10 Å². The Morgan fingerprint density at radius 1 is 1.11 bits per heavy atom. The number of hydrogen-bond acceptors (Lipinski definition) is 5. The monoisotopic (exact) mass is 412 g/mol. The SMILES string of the molecule is CC(C)C(NC(=O)CCCN(c1ccc2c(c1)OCCO2)S(C)(=O)=O)C(C)C. The molecule has 1 N–H and O–H groups in total. The van der Waals surface area contributed by atoms with Crippen LogP contribution in [0.4, 0.5) is 5.69 Å². The van der Waals surface area contributed by atoms with E-state index in [1.54, 1.807) is 18.2 Å². The van der Waals surface area contributed by atoms with Gasteiger partial charge >= 0.3 is 0 Å². The van der Waals surface area contributed by atoms with Crippen LogP contribution in [0.15, 0.2) is 18.2 Å². The first-order valence-electron chi connectivity index (χ1n) is 9.76. The first kappa shape index (κ1) is 22.3. The molecule has 1 heterocycles. The maximum absolute atomic E-state index is 12.3. The Morgan fingerprint density at radius 2 is 1.71 bits per heavy atom. The van der Waals surface area contributed by atoms with E-state index in [0.29, 0.717) is 48.7 Å². The Labute approximate surface area is 168 Å². The van der Waals surface area contributed by atoms with Gasteiger partial charge in [0.1, 0.15) is 13.2 Å². The van der Waals surface area contributed by atoms with Crippen LogP contribution in [0.2, 0.25) is 0 Å². The molecule has 0 aliphatic carbocycles. The number of hydrogen-bond donors (Lipinski definition) is 1. The van der Waals surface area contributed by atoms with Gasteiger partial charge < -0.3 is 14.8 Å². The van der Waals surface area contributed by atoms with Crippen molar-refractivity contribution in [3.8, 4) is 11.5 Å². The van der Waals surface area contributed by atoms with Gasteiger partial charge in [-0.05, 0) is 30.4 Å². The van der Waals surface area contributed by atoms with E-state index in [4.69, 9.17) is 9.47 Å². The number of carbonyl (C=O) groups is 1. The third-order valence-electron chi connectivity index (χ3n) is 4.74. The summed E-state index contributed by atoms with van der Waals surface area (Å²) in [5.41, 5.74) is 0.509. The van der Waals surface area contributed by atoms with Crippen molar-refractivity contribution < 1.29 is 22.7 Å². The molecule has 1 amide bonds. The van der Waals surface area contributed by atoms with E-state index in [9.17, 15) is 13.2 Å². The molecule has 0 unspecified atom stereocenters. The number of anilines is 1. The number of sulfonamides is 1. The minimum Gasteiger partial charge on any atom is -0.486 e. The Bertz CT molecular complexity index is 769. The van der Waals surface area contributed by atoms with Crippen LogP contribution in [0, 0.1) is 11.8 Å². The molecule has 1 aliphatic heterocycles. The third kappa shape index (κ3) is 6.02. The summed E-state index contributed by atoms with van der Waals surface area (Å²) in [6.45, 7) is 9.46. The molecule has 2 rings (SSSR count). The van der Waals surface area contributed by atoms with Crippen molar-refractivity contribution in [2.45, 2.75) is 46.6 Å². The highest BCUT2D eigenvalue weighted by molar-refractivity contribution is 7.92. The molecule has 28 heavy (non-hydrogen) atoms. The van der Waals surface area contributed by atoms with Gasteiger partial charge in [0.25, 0.3) is 0 Å². The predicted molar refractivity (Wildman–Crippen MR) is 110 cm³/mol. The fourth-order valence-corrected chi connectivity index (χ4v) is 4.38. The summed E-state index contributed by atoms with van der Waals surface area (Å²) in [4.78, 5) is 12.3. The smallest absolute Gasteiger partial charge is 0.232 e. The number of rotatable bonds is 9. The molecule has 0 atom stereocenters. The molecule has 7 nitrogen and oxygen atoms in total. The number of benzene rings is 1. The molecule has 0 saturated heterocycles. The van der Waals surface area contributed by atoms with Crippen molar-refractivity contribution in [1.29, 1.82) is 0 Å². The van der Waals surface area contributed by atoms with Gasteiger partial charge in [0.2, 0.25) is 15.9 Å². The Balaban J connectivity index is 2.01. The topological polar surface area (TPSA) is 84.9 Å². The first-order valence-corrected chi connectivity index (χ1v) is 11.6. The van der Waals surface area contributed by atoms with Gasteiger partial charge in [-0.1, -0.05) is 27.7 Å². The fraction of sp³-hybridized carbons (Fsp3) is 0.650. The van der Waals surface area contributed by atoms with Gasteiger partial charge in [-0.15, -0.1) is 0 Å². The Kier molecular flexibility index (Phi) is 7.57. The number of fused-ring (bicyclic) bond motifs is 1. The zero-order chi connectivity index (χ0) is 20.9. The average molecular weight is 413 g/mol. The highest BCUT2D eigenvalue weighted by atomic mass is 32.2. The van der Waals surface area contributed by atoms with Gasteiger partial charge in [-0.2, -0.15) is 0 Å². The van der Waals surface area contributed by atoms with Gasteiger partial charge in [0.15, 0.2) is 11.5 Å². The lowest BCUT2D eigenvalue weighted by molar-refractivity contribution is -0.122. The zero-order valence-electron chi connectivity index (χ0n) is 17.4. The second-order valence-electron chi connectivity index (χ2n) is 7.85. The number of ether oxygens (including phenoxy) is 2. The molecule has 1 aromatic rings. The highest BCUT2D eigenvalue weighted by Gasteiger charge is 2.22. The minimum absolute atomic E-state index is 0.0528. The standard InChI is InChI=1S/C20H32N2O5S/c1-14(2)20(15(3)4)21-19(23)7-6-10-22(28(5,24)25)16-8-9-17-18(13-16)27-12-11-26-17/h8-9,13-15,20H,6-7,10-12H2,1-5H3,(H,21,23). The van der Waals surface area contributed by atoms with E-state index in [2.05, 4.69) is 33.0 Å². The maximum Gasteiger partial charge on any atom is 0.232 e. The normalized spacial score (nSPS) is 13.9. The fourth-order valence-electron chi connectivity index (χ4n) is 3.42. The maximum atomic E-state index is 12.3. The van der Waals surface area contributed by atoms with Crippen molar-refractivity contribution in [3.05, 3.63) is 18.2 Å². The van der Waals surface area contributed by atoms with Crippen molar-refractivity contribution >= 4 is 21.6 Å². The largest absolute Gasteiger partial charge is 0.486 e. The summed E-state index contributed by atoms with van der Waals surface area (Å²) in [6, 6.07) is 5.19. The Hall–Kier alpha value is -1.96. The van der Waals surface area contributed by atoms with E-state index in [-0.39, 0.29) is 24.9 Å². The van der Waals surface area contributed by atoms with Crippen molar-refractivity contribution in [2.24, 2.45) is 11.8 Å². The molecular weight excluding hydrogens is 380 g/mol. The molecule has 0 aromatic heterocycles. The molecule has 0 spiro atoms. The molecular formula is C20H32N2O5S. The van der Waals surface area contributed by atoms with Crippen LogP contribution >= 0.6 is 0 Å². The van der Waals surface area contributed by atoms with Crippen molar-refractivity contribution in [3.63, 3.8) is 0 Å². The van der Waals surface area contributed by atoms with Crippen LogP contribution in [0.3, 0.4) is 0 Å². The molecule has 1 aliphatic rings. The lowest BCUT2D eigenvalue weighted by Gasteiger charge is -2.27. The zero-order valence-corrected chi connectivity index (χ0v) is 18.2. The number of nitrogens with one attached hydrogen (secondary N) is 1. The lowest BCUT2D eigenvalue weighted by Crippen LogP contribution is -2.42. The van der Waals surface area contributed by atoms with E-state index >= 15 is 0 Å². The molecule has 0 radical (unpaired) electrons. The van der Waals surface area contributed by atoms with Crippen LogP contribution < -0.4 is 19.1 Å². The Morgan fingerprint density at radius 3 is 2.29 bits per heavy atom. The van der Waals surface area contributed by atoms with Gasteiger partial charge in [-0.25, -0.2) is 8.42 Å². The third-order valence-corrected chi connectivity index (χ3v) is 5.94. The van der Waals surface area contributed by atoms with Crippen LogP contribution in [0.25, 0.3) is 0 Å². The van der Waals surface area contributed by atoms with Gasteiger partial charge in [0.05, 0.1) is 11.9 Å². The lowest BCUT2D eigenvalue weighted by atomic mass is 9.93. The van der Waals surface area contributed by atoms with Gasteiger partial charge in [0, 0.05) is 25.1 Å². The summed E-state index contributed by atoms with van der Waals surface area (Å²) in [7, 11) is -3.49. The molecule has 158 valence electrons.